The fraction of sp³-hybridized carbons (Fsp3) is 0.462. The Morgan fingerprint density at radius 3 is 2.44 bits per heavy atom. The average molecular weight is 221 g/mol. The van der Waals surface area contributed by atoms with Crippen molar-refractivity contribution in [3.63, 3.8) is 0 Å². The van der Waals surface area contributed by atoms with Crippen LogP contribution in [-0.2, 0) is 11.2 Å². The van der Waals surface area contributed by atoms with Gasteiger partial charge in [0.05, 0.1) is 13.2 Å². The van der Waals surface area contributed by atoms with Crippen molar-refractivity contribution < 1.29 is 9.53 Å². The number of rotatable bonds is 4. The van der Waals surface area contributed by atoms with Gasteiger partial charge in [-0.1, -0.05) is 6.07 Å². The van der Waals surface area contributed by atoms with E-state index in [-0.39, 0.29) is 5.78 Å². The van der Waals surface area contributed by atoms with Gasteiger partial charge in [-0.2, -0.15) is 0 Å². The van der Waals surface area contributed by atoms with E-state index < -0.39 is 6.04 Å². The molecule has 1 rings (SSSR count). The molecule has 0 amide bonds. The Morgan fingerprint density at radius 2 is 1.94 bits per heavy atom. The molecule has 0 radical (unpaired) electrons. The van der Waals surface area contributed by atoms with Crippen LogP contribution in [0.4, 0.5) is 0 Å². The van der Waals surface area contributed by atoms with Gasteiger partial charge in [-0.25, -0.2) is 0 Å². The second-order valence-electron chi connectivity index (χ2n) is 4.17. The molecule has 0 aliphatic rings. The molecule has 0 aliphatic carbocycles. The molecule has 0 fully saturated rings. The minimum atomic E-state index is -0.448. The quantitative estimate of drug-likeness (QED) is 0.843. The number of carbonyl (C=O) groups is 1. The number of aryl methyl sites for hydroxylation is 2. The van der Waals surface area contributed by atoms with E-state index in [0.29, 0.717) is 6.42 Å². The summed E-state index contributed by atoms with van der Waals surface area (Å²) < 4.78 is 5.29. The van der Waals surface area contributed by atoms with Crippen LogP contribution in [0.2, 0.25) is 0 Å². The first-order valence-electron chi connectivity index (χ1n) is 5.36. The zero-order valence-corrected chi connectivity index (χ0v) is 10.3. The minimum Gasteiger partial charge on any atom is -0.496 e. The zero-order valence-electron chi connectivity index (χ0n) is 10.3. The summed E-state index contributed by atoms with van der Waals surface area (Å²) in [5, 5.41) is 0. The van der Waals surface area contributed by atoms with Crippen molar-refractivity contribution in [2.24, 2.45) is 5.73 Å². The highest BCUT2D eigenvalue weighted by Gasteiger charge is 2.13. The standard InChI is InChI=1S/C13H19NO2/c1-8-5-11(7-12(14)10(3)15)13(16-4)6-9(8)2/h5-6,12H,7,14H2,1-4H3. The molecule has 3 heteroatoms. The SMILES string of the molecule is COc1cc(C)c(C)cc1CC(N)C(C)=O. The largest absolute Gasteiger partial charge is 0.496 e. The van der Waals surface area contributed by atoms with E-state index in [1.165, 1.54) is 18.1 Å². The number of benzene rings is 1. The van der Waals surface area contributed by atoms with Gasteiger partial charge in [-0.15, -0.1) is 0 Å². The lowest BCUT2D eigenvalue weighted by Crippen LogP contribution is -2.30. The van der Waals surface area contributed by atoms with Crippen LogP contribution >= 0.6 is 0 Å². The van der Waals surface area contributed by atoms with E-state index in [2.05, 4.69) is 0 Å². The summed E-state index contributed by atoms with van der Waals surface area (Å²) in [6.07, 6.45) is 0.527. The Bertz CT molecular complexity index is 399. The van der Waals surface area contributed by atoms with Crippen molar-refractivity contribution in [1.82, 2.24) is 0 Å². The third kappa shape index (κ3) is 2.83. The number of Topliss-reactive ketones (excluding diaryl/α,β-unsaturated/α-hetero) is 1. The van der Waals surface area contributed by atoms with E-state index in [1.807, 2.05) is 26.0 Å². The zero-order chi connectivity index (χ0) is 12.3. The Balaban J connectivity index is 3.03. The monoisotopic (exact) mass is 221 g/mol. The fourth-order valence-electron chi connectivity index (χ4n) is 1.58. The summed E-state index contributed by atoms with van der Waals surface area (Å²) in [4.78, 5) is 11.1. The second kappa shape index (κ2) is 5.12. The number of ketones is 1. The van der Waals surface area contributed by atoms with Gasteiger partial charge in [0, 0.05) is 0 Å². The van der Waals surface area contributed by atoms with Crippen molar-refractivity contribution >= 4 is 5.78 Å². The average Bonchev–Trinajstić information content (AvgIpc) is 2.22. The summed E-state index contributed by atoms with van der Waals surface area (Å²) in [6.45, 7) is 5.59. The predicted octanol–water partition coefficient (Wildman–Crippen LogP) is 1.77. The highest BCUT2D eigenvalue weighted by molar-refractivity contribution is 5.81. The molecule has 2 N–H and O–H groups in total. The number of hydrogen-bond acceptors (Lipinski definition) is 3. The first kappa shape index (κ1) is 12.7. The van der Waals surface area contributed by atoms with Crippen LogP contribution in [0.3, 0.4) is 0 Å². The molecular weight excluding hydrogens is 202 g/mol. The Labute approximate surface area is 96.6 Å². The maximum Gasteiger partial charge on any atom is 0.146 e. The molecule has 1 aromatic carbocycles. The van der Waals surface area contributed by atoms with Crippen LogP contribution < -0.4 is 10.5 Å². The Hall–Kier alpha value is -1.35. The van der Waals surface area contributed by atoms with Crippen LogP contribution in [0.5, 0.6) is 5.75 Å². The molecule has 1 atom stereocenters. The first-order valence-corrected chi connectivity index (χ1v) is 5.36. The lowest BCUT2D eigenvalue weighted by atomic mass is 9.98. The van der Waals surface area contributed by atoms with Gasteiger partial charge >= 0.3 is 0 Å². The van der Waals surface area contributed by atoms with Crippen LogP contribution in [0.15, 0.2) is 12.1 Å². The summed E-state index contributed by atoms with van der Waals surface area (Å²) in [6, 6.07) is 3.57. The molecule has 16 heavy (non-hydrogen) atoms. The molecule has 0 aromatic heterocycles. The highest BCUT2D eigenvalue weighted by atomic mass is 16.5. The number of hydrogen-bond donors (Lipinski definition) is 1. The van der Waals surface area contributed by atoms with Gasteiger partial charge in [0.1, 0.15) is 11.5 Å². The molecule has 0 aliphatic heterocycles. The maximum absolute atomic E-state index is 11.1. The van der Waals surface area contributed by atoms with Gasteiger partial charge < -0.3 is 10.5 Å². The number of nitrogens with two attached hydrogens (primary N) is 1. The summed E-state index contributed by atoms with van der Waals surface area (Å²) in [7, 11) is 1.63. The first-order chi connectivity index (χ1) is 7.45. The van der Waals surface area contributed by atoms with Gasteiger partial charge in [-0.3, -0.25) is 4.79 Å². The van der Waals surface area contributed by atoms with E-state index in [4.69, 9.17) is 10.5 Å². The van der Waals surface area contributed by atoms with Crippen molar-refractivity contribution in [1.29, 1.82) is 0 Å². The third-order valence-electron chi connectivity index (χ3n) is 2.86. The van der Waals surface area contributed by atoms with E-state index >= 15 is 0 Å². The third-order valence-corrected chi connectivity index (χ3v) is 2.86. The summed E-state index contributed by atoms with van der Waals surface area (Å²) >= 11 is 0. The van der Waals surface area contributed by atoms with Gasteiger partial charge in [-0.05, 0) is 49.9 Å². The van der Waals surface area contributed by atoms with E-state index in [0.717, 1.165) is 11.3 Å². The smallest absolute Gasteiger partial charge is 0.146 e. The van der Waals surface area contributed by atoms with E-state index in [9.17, 15) is 4.79 Å². The molecule has 0 spiro atoms. The number of methoxy groups -OCH3 is 1. The molecule has 1 aromatic rings. The van der Waals surface area contributed by atoms with Gasteiger partial charge in [0.25, 0.3) is 0 Å². The minimum absolute atomic E-state index is 0.000260. The molecule has 0 bridgehead atoms. The molecule has 0 saturated carbocycles. The van der Waals surface area contributed by atoms with Crippen molar-refractivity contribution in [2.75, 3.05) is 7.11 Å². The Morgan fingerprint density at radius 1 is 1.38 bits per heavy atom. The van der Waals surface area contributed by atoms with Crippen molar-refractivity contribution in [3.05, 3.63) is 28.8 Å². The van der Waals surface area contributed by atoms with Crippen LogP contribution in [-0.4, -0.2) is 18.9 Å². The molecule has 88 valence electrons. The van der Waals surface area contributed by atoms with E-state index in [1.54, 1.807) is 7.11 Å². The molecule has 0 saturated heterocycles. The molecule has 3 nitrogen and oxygen atoms in total. The summed E-state index contributed by atoms with van der Waals surface area (Å²) in [5.41, 5.74) is 9.11. The number of ether oxygens (including phenoxy) is 1. The highest BCUT2D eigenvalue weighted by Crippen LogP contribution is 2.24. The van der Waals surface area contributed by atoms with Crippen LogP contribution in [0, 0.1) is 13.8 Å². The number of carbonyl (C=O) groups excluding carboxylic acids is 1. The lowest BCUT2D eigenvalue weighted by Gasteiger charge is -2.14. The van der Waals surface area contributed by atoms with Crippen molar-refractivity contribution in [2.45, 2.75) is 33.2 Å². The van der Waals surface area contributed by atoms with Gasteiger partial charge in [0.2, 0.25) is 0 Å². The second-order valence-corrected chi connectivity index (χ2v) is 4.17. The Kier molecular flexibility index (Phi) is 4.07. The maximum atomic E-state index is 11.1. The van der Waals surface area contributed by atoms with Crippen molar-refractivity contribution in [3.8, 4) is 5.75 Å². The lowest BCUT2D eigenvalue weighted by molar-refractivity contribution is -0.118. The topological polar surface area (TPSA) is 52.3 Å². The molecular formula is C13H19NO2. The van der Waals surface area contributed by atoms with Crippen LogP contribution in [0.1, 0.15) is 23.6 Å². The molecule has 0 heterocycles. The predicted molar refractivity (Wildman–Crippen MR) is 64.8 cm³/mol. The van der Waals surface area contributed by atoms with Crippen LogP contribution in [0.25, 0.3) is 0 Å². The normalized spacial score (nSPS) is 12.3. The van der Waals surface area contributed by atoms with Gasteiger partial charge in [0.15, 0.2) is 0 Å². The summed E-state index contributed by atoms with van der Waals surface area (Å²) in [5.74, 6) is 0.806. The molecule has 1 unspecified atom stereocenters. The fourth-order valence-corrected chi connectivity index (χ4v) is 1.58.